The van der Waals surface area contributed by atoms with Gasteiger partial charge in [-0.15, -0.1) is 0 Å². The Morgan fingerprint density at radius 2 is 1.82 bits per heavy atom. The molecule has 2 aromatic carbocycles. The minimum absolute atomic E-state index is 0.000481. The topological polar surface area (TPSA) is 171 Å². The number of sulfonamides is 1. The van der Waals surface area contributed by atoms with Gasteiger partial charge in [0.05, 0.1) is 23.3 Å². The average molecular weight is 725 g/mol. The van der Waals surface area contributed by atoms with Gasteiger partial charge in [-0.3, -0.25) is 19.1 Å². The molecule has 1 aliphatic carbocycles. The van der Waals surface area contributed by atoms with Gasteiger partial charge in [0.2, 0.25) is 22.3 Å². The van der Waals surface area contributed by atoms with Crippen molar-refractivity contribution < 1.29 is 27.5 Å². The van der Waals surface area contributed by atoms with E-state index >= 15 is 0 Å². The van der Waals surface area contributed by atoms with Crippen molar-refractivity contribution in [1.82, 2.24) is 29.8 Å². The Kier molecular flexibility index (Phi) is 15.7. The molecule has 1 aliphatic heterocycles. The molecule has 0 bridgehead atoms. The highest BCUT2D eigenvalue weighted by molar-refractivity contribution is 7.90. The molecule has 0 unspecified atom stereocenters. The van der Waals surface area contributed by atoms with Crippen molar-refractivity contribution in [1.29, 1.82) is 0 Å². The van der Waals surface area contributed by atoms with E-state index in [0.29, 0.717) is 29.3 Å². The quantitative estimate of drug-likeness (QED) is 0.135. The number of benzene rings is 2. The highest BCUT2D eigenvalue weighted by Gasteiger charge is 2.37. The number of methoxy groups -OCH3 is 1. The van der Waals surface area contributed by atoms with Crippen LogP contribution in [0.5, 0.6) is 5.75 Å². The van der Waals surface area contributed by atoms with Gasteiger partial charge >= 0.3 is 6.03 Å². The lowest BCUT2D eigenvalue weighted by Crippen LogP contribution is -2.50. The first kappa shape index (κ1) is 40.7. The number of urea groups is 1. The second-order valence-corrected chi connectivity index (χ2v) is 15.1. The Labute approximate surface area is 300 Å². The van der Waals surface area contributed by atoms with E-state index in [1.54, 1.807) is 33.8 Å². The number of unbranched alkanes of at least 4 members (excludes halogenated alkanes) is 2. The number of nitrogens with one attached hydrogen (secondary N) is 3. The number of aryl methyl sites for hydroxylation is 1. The van der Waals surface area contributed by atoms with Crippen molar-refractivity contribution in [2.75, 3.05) is 27.2 Å². The first-order valence-electron chi connectivity index (χ1n) is 17.4. The molecule has 3 aromatic rings. The van der Waals surface area contributed by atoms with Crippen LogP contribution in [0.4, 0.5) is 4.79 Å². The van der Waals surface area contributed by atoms with Crippen molar-refractivity contribution in [3.05, 3.63) is 70.5 Å². The van der Waals surface area contributed by atoms with E-state index in [-0.39, 0.29) is 29.9 Å². The summed E-state index contributed by atoms with van der Waals surface area (Å²) in [5.41, 5.74) is 2.29. The number of aromatic amines is 1. The number of H-pyrrole nitrogens is 1. The predicted octanol–water partition coefficient (Wildman–Crippen LogP) is 4.91. The normalized spacial score (nSPS) is 15.4. The molecule has 5 rings (SSSR count). The largest absolute Gasteiger partial charge is 0.496 e. The minimum Gasteiger partial charge on any atom is -0.496 e. The summed E-state index contributed by atoms with van der Waals surface area (Å²) in [6.45, 7) is 8.37. The van der Waals surface area contributed by atoms with Gasteiger partial charge in [0.1, 0.15) is 17.6 Å². The predicted molar refractivity (Wildman–Crippen MR) is 200 cm³/mol. The molecular weight excluding hydrogens is 673 g/mol. The smallest absolute Gasteiger partial charge is 0.320 e. The summed E-state index contributed by atoms with van der Waals surface area (Å²) in [6.07, 6.45) is 11.4. The maximum atomic E-state index is 12.5. The monoisotopic (exact) mass is 724 g/mol. The summed E-state index contributed by atoms with van der Waals surface area (Å²) >= 11 is 0. The van der Waals surface area contributed by atoms with Crippen LogP contribution in [-0.2, 0) is 19.6 Å². The molecule has 1 saturated heterocycles. The third kappa shape index (κ3) is 11.9. The summed E-state index contributed by atoms with van der Waals surface area (Å²) < 4.78 is 28.2. The highest BCUT2D eigenvalue weighted by atomic mass is 32.2. The molecule has 2 aliphatic rings. The molecule has 1 aromatic heterocycles. The molecule has 14 heteroatoms. The number of carbonyl (C=O) groups is 3. The molecule has 4 amide bonds. The minimum atomic E-state index is -3.37. The third-order valence-electron chi connectivity index (χ3n) is 8.58. The molecule has 51 heavy (non-hydrogen) atoms. The second-order valence-electron chi connectivity index (χ2n) is 12.8. The number of hydrogen-bond donors (Lipinski definition) is 3. The Morgan fingerprint density at radius 3 is 2.41 bits per heavy atom. The first-order chi connectivity index (χ1) is 24.3. The van der Waals surface area contributed by atoms with E-state index < -0.39 is 15.3 Å². The molecule has 2 heterocycles. The SMILES string of the molecule is C/C=C\CCCCN(C)C(=O)N1CCC[C@H]1C(=O)NC1CC1.CC(C)S(=O)(=O)NC=O.COc1ccc2c(=O)[nH]c(-c3ccccc3)nc2c1C. The fourth-order valence-corrected chi connectivity index (χ4v) is 5.77. The van der Waals surface area contributed by atoms with Crippen LogP contribution < -0.4 is 20.3 Å². The lowest BCUT2D eigenvalue weighted by Gasteiger charge is -2.29. The number of rotatable bonds is 12. The number of hydrogen-bond acceptors (Lipinski definition) is 8. The van der Waals surface area contributed by atoms with Gasteiger partial charge in [0.25, 0.3) is 5.56 Å². The zero-order valence-corrected chi connectivity index (χ0v) is 31.3. The number of aromatic nitrogens is 2. The van der Waals surface area contributed by atoms with Gasteiger partial charge in [-0.25, -0.2) is 18.2 Å². The van der Waals surface area contributed by atoms with E-state index in [1.807, 2.05) is 51.2 Å². The van der Waals surface area contributed by atoms with Gasteiger partial charge in [0.15, 0.2) is 0 Å². The molecule has 278 valence electrons. The summed E-state index contributed by atoms with van der Waals surface area (Å²) in [7, 11) is 0.0837. The zero-order chi connectivity index (χ0) is 37.6. The van der Waals surface area contributed by atoms with Crippen molar-refractivity contribution in [2.45, 2.75) is 90.0 Å². The fourth-order valence-electron chi connectivity index (χ4n) is 5.37. The number of allylic oxidation sites excluding steroid dienone is 2. The summed E-state index contributed by atoms with van der Waals surface area (Å²) in [4.78, 5) is 57.5. The molecule has 0 radical (unpaired) electrons. The number of fused-ring (bicyclic) bond motifs is 1. The van der Waals surface area contributed by atoms with Gasteiger partial charge in [-0.1, -0.05) is 42.5 Å². The lowest BCUT2D eigenvalue weighted by molar-refractivity contribution is -0.125. The van der Waals surface area contributed by atoms with Crippen molar-refractivity contribution in [2.24, 2.45) is 0 Å². The molecule has 1 saturated carbocycles. The fraction of sp³-hybridized carbons (Fsp3) is 0.486. The number of amides is 4. The molecule has 3 N–H and O–H groups in total. The van der Waals surface area contributed by atoms with Crippen molar-refractivity contribution >= 4 is 39.3 Å². The van der Waals surface area contributed by atoms with Gasteiger partial charge in [0, 0.05) is 37.3 Å². The first-order valence-corrected chi connectivity index (χ1v) is 18.9. The van der Waals surface area contributed by atoms with Crippen LogP contribution in [0, 0.1) is 6.92 Å². The van der Waals surface area contributed by atoms with Crippen molar-refractivity contribution in [3.63, 3.8) is 0 Å². The van der Waals surface area contributed by atoms with E-state index in [9.17, 15) is 27.6 Å². The zero-order valence-electron chi connectivity index (χ0n) is 30.5. The van der Waals surface area contributed by atoms with Gasteiger partial charge in [-0.2, -0.15) is 0 Å². The van der Waals surface area contributed by atoms with Crippen LogP contribution in [0.3, 0.4) is 0 Å². The number of likely N-dealkylation sites (tertiary alicyclic amines) is 1. The van der Waals surface area contributed by atoms with Crippen LogP contribution in [0.15, 0.2) is 59.4 Å². The molecule has 0 spiro atoms. The van der Waals surface area contributed by atoms with E-state index in [4.69, 9.17) is 4.74 Å². The maximum absolute atomic E-state index is 12.5. The van der Waals surface area contributed by atoms with E-state index in [2.05, 4.69) is 27.4 Å². The Balaban J connectivity index is 0.000000224. The third-order valence-corrected chi connectivity index (χ3v) is 10.2. The standard InChI is InChI=1S/C17H29N3O2.C16H14N2O2.C4H9NO3S/c1-3-4-5-6-7-12-19(2)17(22)20-13-8-9-15(20)16(21)18-14-10-11-14;1-10-13(20-2)9-8-12-14(10)17-15(18-16(12)19)11-6-4-3-5-7-11;1-4(2)9(7,8)5-3-6/h3-4,14-15H,5-13H2,1-2H3,(H,18,21);3-9H,1-2H3,(H,17,18,19);3-4H,1-2H3,(H,5,6)/b4-3-;;/t15-;;/m0../s1. The number of ether oxygens (including phenoxy) is 1. The average Bonchev–Trinajstić information content (AvgIpc) is 3.79. The van der Waals surface area contributed by atoms with Crippen LogP contribution in [0.25, 0.3) is 22.3 Å². The van der Waals surface area contributed by atoms with Gasteiger partial charge in [-0.05, 0) is 84.8 Å². The van der Waals surface area contributed by atoms with Crippen LogP contribution in [0.2, 0.25) is 0 Å². The molecule has 1 atom stereocenters. The number of nitrogens with zero attached hydrogens (tertiary/aromatic N) is 3. The van der Waals surface area contributed by atoms with E-state index in [1.165, 1.54) is 13.8 Å². The molecule has 13 nitrogen and oxygen atoms in total. The van der Waals surface area contributed by atoms with Gasteiger partial charge < -0.3 is 24.8 Å². The van der Waals surface area contributed by atoms with Crippen molar-refractivity contribution in [3.8, 4) is 17.1 Å². The Hall–Kier alpha value is -4.72. The Bertz CT molecular complexity index is 1810. The molecule has 2 fully saturated rings. The maximum Gasteiger partial charge on any atom is 0.320 e. The van der Waals surface area contributed by atoms with Crippen LogP contribution in [0.1, 0.15) is 71.3 Å². The lowest BCUT2D eigenvalue weighted by atomic mass is 10.1. The Morgan fingerprint density at radius 1 is 1.12 bits per heavy atom. The van der Waals surface area contributed by atoms with E-state index in [0.717, 1.165) is 68.4 Å². The second kappa shape index (κ2) is 19.6. The molecular formula is C37H52N6O7S. The number of carbonyl (C=O) groups excluding carboxylic acids is 3. The van der Waals surface area contributed by atoms with Crippen LogP contribution in [-0.4, -0.2) is 91.1 Å². The summed E-state index contributed by atoms with van der Waals surface area (Å²) in [6, 6.07) is 13.2. The summed E-state index contributed by atoms with van der Waals surface area (Å²) in [5.74, 6) is 1.34. The van der Waals surface area contributed by atoms with Crippen LogP contribution >= 0.6 is 0 Å². The summed E-state index contributed by atoms with van der Waals surface area (Å²) in [5, 5.41) is 3.05. The highest BCUT2D eigenvalue weighted by Crippen LogP contribution is 2.26.